The lowest BCUT2D eigenvalue weighted by molar-refractivity contribution is -0.131. The van der Waals surface area contributed by atoms with Crippen molar-refractivity contribution in [1.29, 1.82) is 0 Å². The topological polar surface area (TPSA) is 71.7 Å². The van der Waals surface area contributed by atoms with E-state index in [1.807, 2.05) is 29.2 Å². The first-order valence-corrected chi connectivity index (χ1v) is 10.2. The molecule has 1 aliphatic heterocycles. The Balaban J connectivity index is 1.27. The number of nitrogens with zero attached hydrogens (tertiary/aromatic N) is 4. The lowest BCUT2D eigenvalue weighted by Gasteiger charge is -2.36. The van der Waals surface area contributed by atoms with Gasteiger partial charge in [-0.2, -0.15) is 4.98 Å². The first-order chi connectivity index (χ1) is 14.6. The van der Waals surface area contributed by atoms with Crippen LogP contribution in [-0.2, 0) is 11.2 Å². The summed E-state index contributed by atoms with van der Waals surface area (Å²) in [5, 5.41) is 4.02. The predicted octanol–water partition coefficient (Wildman–Crippen LogP) is 3.34. The van der Waals surface area contributed by atoms with Gasteiger partial charge in [-0.15, -0.1) is 0 Å². The maximum Gasteiger partial charge on any atom is 0.227 e. The largest absolute Gasteiger partial charge is 0.497 e. The van der Waals surface area contributed by atoms with Crippen LogP contribution in [0.25, 0.3) is 11.4 Å². The molecule has 0 spiro atoms. The van der Waals surface area contributed by atoms with E-state index in [0.29, 0.717) is 24.6 Å². The summed E-state index contributed by atoms with van der Waals surface area (Å²) in [5.74, 6) is 1.90. The maximum absolute atomic E-state index is 12.6. The third kappa shape index (κ3) is 4.62. The van der Waals surface area contributed by atoms with Gasteiger partial charge in [-0.3, -0.25) is 4.79 Å². The number of ether oxygens (including phenoxy) is 1. The number of rotatable bonds is 6. The van der Waals surface area contributed by atoms with Crippen LogP contribution < -0.4 is 9.64 Å². The normalized spacial score (nSPS) is 14.1. The van der Waals surface area contributed by atoms with E-state index in [9.17, 15) is 4.79 Å². The van der Waals surface area contributed by atoms with Crippen molar-refractivity contribution in [3.8, 4) is 17.1 Å². The van der Waals surface area contributed by atoms with Crippen LogP contribution in [0.1, 0.15) is 17.9 Å². The molecular formula is C23H26N4O3. The highest BCUT2D eigenvalue weighted by atomic mass is 16.5. The molecule has 0 atom stereocenters. The molecule has 1 saturated heterocycles. The molecule has 4 rings (SSSR count). The van der Waals surface area contributed by atoms with Crippen LogP contribution in [0.3, 0.4) is 0 Å². The number of hydrogen-bond donors (Lipinski definition) is 0. The molecule has 2 aromatic carbocycles. The van der Waals surface area contributed by atoms with Gasteiger partial charge in [0.25, 0.3) is 0 Å². The van der Waals surface area contributed by atoms with Crippen LogP contribution in [0.15, 0.2) is 53.1 Å². The van der Waals surface area contributed by atoms with Gasteiger partial charge in [0.1, 0.15) is 5.75 Å². The second-order valence-corrected chi connectivity index (χ2v) is 7.44. The van der Waals surface area contributed by atoms with Gasteiger partial charge in [-0.05, 0) is 43.3 Å². The molecule has 1 aliphatic rings. The van der Waals surface area contributed by atoms with Crippen molar-refractivity contribution >= 4 is 11.6 Å². The van der Waals surface area contributed by atoms with Crippen LogP contribution in [0, 0.1) is 6.92 Å². The van der Waals surface area contributed by atoms with E-state index < -0.39 is 0 Å². The highest BCUT2D eigenvalue weighted by Gasteiger charge is 2.22. The Morgan fingerprint density at radius 2 is 1.73 bits per heavy atom. The molecule has 1 amide bonds. The summed E-state index contributed by atoms with van der Waals surface area (Å²) in [4.78, 5) is 21.3. The van der Waals surface area contributed by atoms with E-state index in [-0.39, 0.29) is 5.91 Å². The maximum atomic E-state index is 12.6. The van der Waals surface area contributed by atoms with Crippen LogP contribution in [0.2, 0.25) is 0 Å². The number of amides is 1. The molecule has 0 N–H and O–H groups in total. The number of aromatic nitrogens is 2. The minimum absolute atomic E-state index is 0.128. The average molecular weight is 406 g/mol. The summed E-state index contributed by atoms with van der Waals surface area (Å²) in [7, 11) is 1.63. The van der Waals surface area contributed by atoms with Crippen molar-refractivity contribution < 1.29 is 14.1 Å². The van der Waals surface area contributed by atoms with Gasteiger partial charge < -0.3 is 19.1 Å². The van der Waals surface area contributed by atoms with Gasteiger partial charge in [0.05, 0.1) is 7.11 Å². The quantitative estimate of drug-likeness (QED) is 0.625. The van der Waals surface area contributed by atoms with Crippen molar-refractivity contribution in [3.63, 3.8) is 0 Å². The second kappa shape index (κ2) is 8.98. The molecule has 7 heteroatoms. The first kappa shape index (κ1) is 19.9. The Hall–Kier alpha value is -3.35. The van der Waals surface area contributed by atoms with Crippen molar-refractivity contribution in [2.45, 2.75) is 19.8 Å². The smallest absolute Gasteiger partial charge is 0.227 e. The standard InChI is InChI=1S/C23H26N4O3/c1-17-3-7-19(8-4-17)26-13-15-27(16-14-26)22(28)12-11-21-24-23(25-30-21)18-5-9-20(29-2)10-6-18/h3-10H,11-16H2,1-2H3. The second-order valence-electron chi connectivity index (χ2n) is 7.44. The summed E-state index contributed by atoms with van der Waals surface area (Å²) in [6.45, 7) is 5.24. The number of methoxy groups -OCH3 is 1. The van der Waals surface area contributed by atoms with E-state index in [4.69, 9.17) is 9.26 Å². The van der Waals surface area contributed by atoms with Crippen molar-refractivity contribution in [2.24, 2.45) is 0 Å². The molecule has 0 aliphatic carbocycles. The van der Waals surface area contributed by atoms with Gasteiger partial charge in [-0.25, -0.2) is 0 Å². The molecule has 3 aromatic rings. The molecule has 7 nitrogen and oxygen atoms in total. The minimum Gasteiger partial charge on any atom is -0.497 e. The van der Waals surface area contributed by atoms with Gasteiger partial charge in [0.2, 0.25) is 17.6 Å². The number of piperazine rings is 1. The third-order valence-electron chi connectivity index (χ3n) is 5.40. The molecular weight excluding hydrogens is 380 g/mol. The Bertz CT molecular complexity index is 974. The zero-order chi connectivity index (χ0) is 20.9. The fraction of sp³-hybridized carbons (Fsp3) is 0.348. The average Bonchev–Trinajstić information content (AvgIpc) is 3.27. The summed E-state index contributed by atoms with van der Waals surface area (Å²) >= 11 is 0. The summed E-state index contributed by atoms with van der Waals surface area (Å²) < 4.78 is 10.5. The highest BCUT2D eigenvalue weighted by molar-refractivity contribution is 5.76. The van der Waals surface area contributed by atoms with Crippen LogP contribution >= 0.6 is 0 Å². The van der Waals surface area contributed by atoms with E-state index in [2.05, 4.69) is 46.2 Å². The molecule has 156 valence electrons. The van der Waals surface area contributed by atoms with E-state index >= 15 is 0 Å². The SMILES string of the molecule is COc1ccc(-c2noc(CCC(=O)N3CCN(c4ccc(C)cc4)CC3)n2)cc1. The lowest BCUT2D eigenvalue weighted by Crippen LogP contribution is -2.48. The van der Waals surface area contributed by atoms with Gasteiger partial charge in [0, 0.05) is 50.3 Å². The molecule has 0 saturated carbocycles. The molecule has 2 heterocycles. The molecule has 0 unspecified atom stereocenters. The Morgan fingerprint density at radius 1 is 1.03 bits per heavy atom. The highest BCUT2D eigenvalue weighted by Crippen LogP contribution is 2.21. The molecule has 0 radical (unpaired) electrons. The lowest BCUT2D eigenvalue weighted by atomic mass is 10.2. The van der Waals surface area contributed by atoms with Crippen molar-refractivity contribution in [2.75, 3.05) is 38.2 Å². The van der Waals surface area contributed by atoms with Gasteiger partial charge in [0.15, 0.2) is 0 Å². The van der Waals surface area contributed by atoms with E-state index in [0.717, 1.165) is 37.5 Å². The Morgan fingerprint density at radius 3 is 2.40 bits per heavy atom. The molecule has 1 aromatic heterocycles. The number of hydrogen-bond acceptors (Lipinski definition) is 6. The zero-order valence-electron chi connectivity index (χ0n) is 17.4. The summed E-state index contributed by atoms with van der Waals surface area (Å²) in [6.07, 6.45) is 0.814. The Labute approximate surface area is 176 Å². The monoisotopic (exact) mass is 406 g/mol. The van der Waals surface area contributed by atoms with E-state index in [1.165, 1.54) is 11.3 Å². The number of carbonyl (C=O) groups excluding carboxylic acids is 1. The zero-order valence-corrected chi connectivity index (χ0v) is 17.4. The van der Waals surface area contributed by atoms with E-state index in [1.54, 1.807) is 7.11 Å². The van der Waals surface area contributed by atoms with Crippen LogP contribution in [0.5, 0.6) is 5.75 Å². The van der Waals surface area contributed by atoms with Gasteiger partial charge >= 0.3 is 0 Å². The number of benzene rings is 2. The van der Waals surface area contributed by atoms with Crippen molar-refractivity contribution in [3.05, 3.63) is 60.0 Å². The Kier molecular flexibility index (Phi) is 5.97. The van der Waals surface area contributed by atoms with Crippen LogP contribution in [-0.4, -0.2) is 54.2 Å². The van der Waals surface area contributed by atoms with Gasteiger partial charge in [-0.1, -0.05) is 22.9 Å². The third-order valence-corrected chi connectivity index (χ3v) is 5.40. The number of aryl methyl sites for hydroxylation is 2. The number of anilines is 1. The predicted molar refractivity (Wildman–Crippen MR) is 115 cm³/mol. The summed E-state index contributed by atoms with van der Waals surface area (Å²) in [6, 6.07) is 16.0. The molecule has 0 bridgehead atoms. The fourth-order valence-electron chi connectivity index (χ4n) is 3.56. The molecule has 30 heavy (non-hydrogen) atoms. The minimum atomic E-state index is 0.128. The van der Waals surface area contributed by atoms with Crippen molar-refractivity contribution in [1.82, 2.24) is 15.0 Å². The first-order valence-electron chi connectivity index (χ1n) is 10.2. The molecule has 1 fully saturated rings. The summed E-state index contributed by atoms with van der Waals surface area (Å²) in [5.41, 5.74) is 3.32. The fourth-order valence-corrected chi connectivity index (χ4v) is 3.56. The van der Waals surface area contributed by atoms with Crippen LogP contribution in [0.4, 0.5) is 5.69 Å². The number of carbonyl (C=O) groups is 1.